The number of ether oxygens (including phenoxy) is 1. The van der Waals surface area contributed by atoms with Gasteiger partial charge in [-0.3, -0.25) is 4.68 Å². The molecule has 0 N–H and O–H groups in total. The predicted octanol–water partition coefficient (Wildman–Crippen LogP) is 1.79. The summed E-state index contributed by atoms with van der Waals surface area (Å²) in [7, 11) is 1.61. The number of allylic oxidation sites excluding steroid dienone is 1. The molecule has 0 bridgehead atoms. The number of esters is 1. The second kappa shape index (κ2) is 4.72. The van der Waals surface area contributed by atoms with Crippen molar-refractivity contribution in [2.24, 2.45) is 7.05 Å². The van der Waals surface area contributed by atoms with E-state index in [-0.39, 0.29) is 17.9 Å². The van der Waals surface area contributed by atoms with Crippen LogP contribution >= 0.6 is 0 Å². The van der Waals surface area contributed by atoms with E-state index in [1.807, 2.05) is 0 Å². The molecule has 0 aliphatic rings. The standard InChI is InChI=1S/C10H13FN2O2/c1-4-8(11)9-7(6-13(3)12-9)10(14)15-5-2/h4,6,8H,1,5H2,2-3H3. The fourth-order valence-electron chi connectivity index (χ4n) is 1.19. The summed E-state index contributed by atoms with van der Waals surface area (Å²) in [5, 5.41) is 3.85. The summed E-state index contributed by atoms with van der Waals surface area (Å²) in [6.07, 6.45) is 1.07. The van der Waals surface area contributed by atoms with Gasteiger partial charge in [0.1, 0.15) is 11.3 Å². The predicted molar refractivity (Wildman–Crippen MR) is 53.2 cm³/mol. The van der Waals surface area contributed by atoms with Crippen molar-refractivity contribution in [2.45, 2.75) is 13.1 Å². The molecule has 0 aliphatic carbocycles. The maximum atomic E-state index is 13.3. The van der Waals surface area contributed by atoms with E-state index in [4.69, 9.17) is 4.74 Å². The summed E-state index contributed by atoms with van der Waals surface area (Å²) in [6.45, 7) is 5.25. The number of rotatable bonds is 4. The highest BCUT2D eigenvalue weighted by Gasteiger charge is 2.21. The number of hydrogen-bond donors (Lipinski definition) is 0. The topological polar surface area (TPSA) is 44.1 Å². The molecule has 0 saturated carbocycles. The first-order valence-electron chi connectivity index (χ1n) is 4.57. The average molecular weight is 212 g/mol. The number of aryl methyl sites for hydroxylation is 1. The Labute approximate surface area is 87.3 Å². The number of carbonyl (C=O) groups is 1. The second-order valence-corrected chi connectivity index (χ2v) is 2.96. The molecular weight excluding hydrogens is 199 g/mol. The van der Waals surface area contributed by atoms with Crippen molar-refractivity contribution in [1.82, 2.24) is 9.78 Å². The highest BCUT2D eigenvalue weighted by Crippen LogP contribution is 2.21. The van der Waals surface area contributed by atoms with Gasteiger partial charge in [-0.1, -0.05) is 12.7 Å². The van der Waals surface area contributed by atoms with E-state index in [1.165, 1.54) is 10.9 Å². The van der Waals surface area contributed by atoms with Crippen LogP contribution in [0.2, 0.25) is 0 Å². The van der Waals surface area contributed by atoms with E-state index in [9.17, 15) is 9.18 Å². The SMILES string of the molecule is C=CC(F)c1nn(C)cc1C(=O)OCC. The van der Waals surface area contributed by atoms with Crippen molar-refractivity contribution in [2.75, 3.05) is 6.61 Å². The normalized spacial score (nSPS) is 12.2. The molecule has 1 aromatic heterocycles. The molecule has 15 heavy (non-hydrogen) atoms. The van der Waals surface area contributed by atoms with Crippen molar-refractivity contribution in [1.29, 1.82) is 0 Å². The van der Waals surface area contributed by atoms with Crippen LogP contribution in [-0.4, -0.2) is 22.4 Å². The van der Waals surface area contributed by atoms with Crippen LogP contribution in [-0.2, 0) is 11.8 Å². The number of nitrogens with zero attached hydrogens (tertiary/aromatic N) is 2. The quantitative estimate of drug-likeness (QED) is 0.564. The third-order valence-corrected chi connectivity index (χ3v) is 1.82. The van der Waals surface area contributed by atoms with Crippen LogP contribution in [0.3, 0.4) is 0 Å². The molecule has 5 heteroatoms. The van der Waals surface area contributed by atoms with Gasteiger partial charge in [-0.05, 0) is 6.92 Å². The Morgan fingerprint density at radius 3 is 3.07 bits per heavy atom. The van der Waals surface area contributed by atoms with E-state index in [0.29, 0.717) is 0 Å². The molecule has 0 amide bonds. The van der Waals surface area contributed by atoms with Crippen molar-refractivity contribution in [3.8, 4) is 0 Å². The molecule has 1 aromatic rings. The molecule has 1 rings (SSSR count). The Balaban J connectivity index is 3.05. The maximum Gasteiger partial charge on any atom is 0.341 e. The van der Waals surface area contributed by atoms with Crippen LogP contribution in [0.5, 0.6) is 0 Å². The van der Waals surface area contributed by atoms with Crippen LogP contribution in [0.25, 0.3) is 0 Å². The Morgan fingerprint density at radius 1 is 1.87 bits per heavy atom. The zero-order valence-electron chi connectivity index (χ0n) is 8.74. The van der Waals surface area contributed by atoms with Gasteiger partial charge in [-0.25, -0.2) is 9.18 Å². The van der Waals surface area contributed by atoms with Crippen LogP contribution in [0.1, 0.15) is 29.1 Å². The van der Waals surface area contributed by atoms with Gasteiger partial charge in [0.25, 0.3) is 0 Å². The lowest BCUT2D eigenvalue weighted by molar-refractivity contribution is 0.0523. The minimum absolute atomic E-state index is 0.0472. The van der Waals surface area contributed by atoms with Crippen LogP contribution in [0, 0.1) is 0 Å². The molecule has 4 nitrogen and oxygen atoms in total. The molecule has 0 aromatic carbocycles. The van der Waals surface area contributed by atoms with E-state index in [2.05, 4.69) is 11.7 Å². The summed E-state index contributed by atoms with van der Waals surface area (Å²) < 4.78 is 19.5. The number of halogens is 1. The van der Waals surface area contributed by atoms with E-state index in [1.54, 1.807) is 14.0 Å². The van der Waals surface area contributed by atoms with Crippen molar-refractivity contribution < 1.29 is 13.9 Å². The van der Waals surface area contributed by atoms with Gasteiger partial charge < -0.3 is 4.74 Å². The zero-order chi connectivity index (χ0) is 11.4. The number of aromatic nitrogens is 2. The zero-order valence-corrected chi connectivity index (χ0v) is 8.74. The summed E-state index contributed by atoms with van der Waals surface area (Å²) in [4.78, 5) is 11.4. The maximum absolute atomic E-state index is 13.3. The van der Waals surface area contributed by atoms with Crippen LogP contribution in [0.4, 0.5) is 4.39 Å². The van der Waals surface area contributed by atoms with Gasteiger partial charge in [-0.2, -0.15) is 5.10 Å². The van der Waals surface area contributed by atoms with E-state index >= 15 is 0 Å². The van der Waals surface area contributed by atoms with Gasteiger partial charge in [0.05, 0.1) is 6.61 Å². The highest BCUT2D eigenvalue weighted by atomic mass is 19.1. The van der Waals surface area contributed by atoms with Gasteiger partial charge in [0.15, 0.2) is 6.17 Å². The van der Waals surface area contributed by atoms with Crippen molar-refractivity contribution in [3.63, 3.8) is 0 Å². The lowest BCUT2D eigenvalue weighted by atomic mass is 10.2. The minimum Gasteiger partial charge on any atom is -0.462 e. The number of carbonyl (C=O) groups excluding carboxylic acids is 1. The number of hydrogen-bond acceptors (Lipinski definition) is 3. The lowest BCUT2D eigenvalue weighted by Gasteiger charge is -2.02. The third kappa shape index (κ3) is 2.43. The summed E-state index contributed by atoms with van der Waals surface area (Å²) in [6, 6.07) is 0. The first-order chi connectivity index (χ1) is 7.10. The van der Waals surface area contributed by atoms with Gasteiger partial charge in [-0.15, -0.1) is 0 Å². The van der Waals surface area contributed by atoms with E-state index < -0.39 is 12.1 Å². The minimum atomic E-state index is -1.45. The fraction of sp³-hybridized carbons (Fsp3) is 0.400. The van der Waals surface area contributed by atoms with Crippen LogP contribution < -0.4 is 0 Å². The molecule has 82 valence electrons. The van der Waals surface area contributed by atoms with Crippen molar-refractivity contribution >= 4 is 5.97 Å². The fourth-order valence-corrected chi connectivity index (χ4v) is 1.19. The Bertz CT molecular complexity index is 373. The Hall–Kier alpha value is -1.65. The average Bonchev–Trinajstić information content (AvgIpc) is 2.59. The highest BCUT2D eigenvalue weighted by molar-refractivity contribution is 5.90. The number of alkyl halides is 1. The van der Waals surface area contributed by atoms with Crippen molar-refractivity contribution in [3.05, 3.63) is 30.1 Å². The molecule has 0 fully saturated rings. The Morgan fingerprint density at radius 2 is 2.53 bits per heavy atom. The summed E-state index contributed by atoms with van der Waals surface area (Å²) in [5.74, 6) is -0.565. The Kier molecular flexibility index (Phi) is 3.60. The molecule has 0 radical (unpaired) electrons. The summed E-state index contributed by atoms with van der Waals surface area (Å²) in [5.41, 5.74) is 0.192. The molecule has 0 spiro atoms. The van der Waals surface area contributed by atoms with Gasteiger partial charge in [0, 0.05) is 13.2 Å². The second-order valence-electron chi connectivity index (χ2n) is 2.96. The molecule has 1 heterocycles. The molecule has 0 saturated heterocycles. The smallest absolute Gasteiger partial charge is 0.341 e. The molecular formula is C10H13FN2O2. The molecule has 1 atom stereocenters. The van der Waals surface area contributed by atoms with E-state index in [0.717, 1.165) is 6.08 Å². The van der Waals surface area contributed by atoms with Gasteiger partial charge in [0.2, 0.25) is 0 Å². The third-order valence-electron chi connectivity index (χ3n) is 1.82. The molecule has 1 unspecified atom stereocenters. The first-order valence-corrected chi connectivity index (χ1v) is 4.57. The van der Waals surface area contributed by atoms with Crippen LogP contribution in [0.15, 0.2) is 18.9 Å². The molecule has 0 aliphatic heterocycles. The largest absolute Gasteiger partial charge is 0.462 e. The van der Waals surface area contributed by atoms with Gasteiger partial charge >= 0.3 is 5.97 Å². The summed E-state index contributed by atoms with van der Waals surface area (Å²) >= 11 is 0. The monoisotopic (exact) mass is 212 g/mol. The lowest BCUT2D eigenvalue weighted by Crippen LogP contribution is -2.07. The first kappa shape index (κ1) is 11.4.